The zero-order valence-corrected chi connectivity index (χ0v) is 15.1. The number of fused-ring (bicyclic) bond motifs is 1. The van der Waals surface area contributed by atoms with E-state index < -0.39 is 11.5 Å². The molecule has 0 aliphatic rings. The van der Waals surface area contributed by atoms with Crippen molar-refractivity contribution in [2.75, 3.05) is 0 Å². The van der Waals surface area contributed by atoms with Gasteiger partial charge in [-0.3, -0.25) is 9.59 Å². The summed E-state index contributed by atoms with van der Waals surface area (Å²) >= 11 is 0. The maximum absolute atomic E-state index is 12.5. The minimum atomic E-state index is -0.676. The Labute approximate surface area is 160 Å². The highest BCUT2D eigenvalue weighted by molar-refractivity contribution is 6.01. The molecule has 0 saturated carbocycles. The lowest BCUT2D eigenvalue weighted by Gasteiger charge is -2.08. The van der Waals surface area contributed by atoms with Crippen LogP contribution in [0.5, 0.6) is 5.75 Å². The average molecular weight is 374 g/mol. The zero-order chi connectivity index (χ0) is 19.7. The van der Waals surface area contributed by atoms with Crippen molar-refractivity contribution in [1.29, 1.82) is 0 Å². The van der Waals surface area contributed by atoms with Gasteiger partial charge in [0.1, 0.15) is 17.0 Å². The summed E-state index contributed by atoms with van der Waals surface area (Å²) in [5.74, 6) is -1.03. The predicted octanol–water partition coefficient (Wildman–Crippen LogP) is 2.66. The zero-order valence-electron chi connectivity index (χ0n) is 15.1. The minimum Gasteiger partial charge on any atom is -0.506 e. The van der Waals surface area contributed by atoms with Gasteiger partial charge in [-0.2, -0.15) is 5.10 Å². The number of aromatic nitrogens is 3. The third-order valence-electron chi connectivity index (χ3n) is 4.49. The van der Waals surface area contributed by atoms with Gasteiger partial charge in [0.25, 0.3) is 11.5 Å². The summed E-state index contributed by atoms with van der Waals surface area (Å²) in [5, 5.41) is 17.8. The largest absolute Gasteiger partial charge is 0.506 e. The van der Waals surface area contributed by atoms with Crippen molar-refractivity contribution in [3.05, 3.63) is 87.8 Å². The van der Waals surface area contributed by atoms with Crippen molar-refractivity contribution >= 4 is 16.9 Å². The van der Waals surface area contributed by atoms with E-state index in [1.54, 1.807) is 0 Å². The lowest BCUT2D eigenvalue weighted by molar-refractivity contribution is 0.0947. The van der Waals surface area contributed by atoms with Crippen LogP contribution in [0.3, 0.4) is 0 Å². The SMILES string of the molecule is Cc1cccc(-n2ncc3c(O)c(C(=O)NCc4ccccc4)c(=O)[nH]c32)c1. The molecule has 0 radical (unpaired) electrons. The van der Waals surface area contributed by atoms with E-state index in [2.05, 4.69) is 15.4 Å². The number of benzene rings is 2. The number of hydrogen-bond acceptors (Lipinski definition) is 4. The van der Waals surface area contributed by atoms with Gasteiger partial charge in [-0.25, -0.2) is 4.68 Å². The lowest BCUT2D eigenvalue weighted by Crippen LogP contribution is -2.29. The molecule has 0 bridgehead atoms. The number of pyridine rings is 1. The normalized spacial score (nSPS) is 10.9. The molecule has 7 nitrogen and oxygen atoms in total. The minimum absolute atomic E-state index is 0.249. The van der Waals surface area contributed by atoms with Crippen LogP contribution in [0, 0.1) is 6.92 Å². The summed E-state index contributed by atoms with van der Waals surface area (Å²) in [6.45, 7) is 2.20. The van der Waals surface area contributed by atoms with Crippen molar-refractivity contribution in [3.63, 3.8) is 0 Å². The molecule has 2 aromatic carbocycles. The van der Waals surface area contributed by atoms with Crippen LogP contribution in [0.1, 0.15) is 21.5 Å². The van der Waals surface area contributed by atoms with Crippen LogP contribution in [0.15, 0.2) is 65.6 Å². The molecule has 0 spiro atoms. The number of aromatic amines is 1. The standard InChI is InChI=1S/C21H18N4O3/c1-13-6-5-9-15(10-13)25-19-16(12-23-25)18(26)17(21(28)24-19)20(27)22-11-14-7-3-2-4-8-14/h2-10,12H,11H2,1H3,(H,22,27)(H2,24,26,28). The third-order valence-corrected chi connectivity index (χ3v) is 4.49. The van der Waals surface area contributed by atoms with E-state index in [9.17, 15) is 14.7 Å². The van der Waals surface area contributed by atoms with E-state index >= 15 is 0 Å². The molecule has 0 unspecified atom stereocenters. The highest BCUT2D eigenvalue weighted by atomic mass is 16.3. The molecule has 0 saturated heterocycles. The van der Waals surface area contributed by atoms with Crippen molar-refractivity contribution in [3.8, 4) is 11.4 Å². The van der Waals surface area contributed by atoms with E-state index in [-0.39, 0.29) is 17.9 Å². The number of hydrogen-bond donors (Lipinski definition) is 3. The smallest absolute Gasteiger partial charge is 0.266 e. The Kier molecular flexibility index (Phi) is 4.41. The van der Waals surface area contributed by atoms with Gasteiger partial charge in [0.15, 0.2) is 0 Å². The predicted molar refractivity (Wildman–Crippen MR) is 106 cm³/mol. The molecule has 2 heterocycles. The van der Waals surface area contributed by atoms with Crippen LogP contribution in [0.4, 0.5) is 0 Å². The van der Waals surface area contributed by atoms with Crippen LogP contribution in [0.25, 0.3) is 16.7 Å². The van der Waals surface area contributed by atoms with Gasteiger partial charge in [-0.15, -0.1) is 0 Å². The molecule has 0 fully saturated rings. The van der Waals surface area contributed by atoms with E-state index in [4.69, 9.17) is 0 Å². The molecular formula is C21H18N4O3. The van der Waals surface area contributed by atoms with Crippen LogP contribution < -0.4 is 10.9 Å². The second kappa shape index (κ2) is 7.03. The Morgan fingerprint density at radius 1 is 1.18 bits per heavy atom. The van der Waals surface area contributed by atoms with Gasteiger partial charge >= 0.3 is 0 Å². The lowest BCUT2D eigenvalue weighted by atomic mass is 10.1. The number of carbonyl (C=O) groups excluding carboxylic acids is 1. The van der Waals surface area contributed by atoms with Crippen molar-refractivity contribution in [2.45, 2.75) is 13.5 Å². The molecule has 0 aliphatic carbocycles. The Bertz CT molecular complexity index is 1230. The molecular weight excluding hydrogens is 356 g/mol. The van der Waals surface area contributed by atoms with E-state index in [1.807, 2.05) is 61.5 Å². The number of aryl methyl sites for hydroxylation is 1. The fraction of sp³-hybridized carbons (Fsp3) is 0.0952. The Morgan fingerprint density at radius 2 is 1.96 bits per heavy atom. The second-order valence-corrected chi connectivity index (χ2v) is 6.50. The number of aromatic hydroxyl groups is 1. The first kappa shape index (κ1) is 17.5. The van der Waals surface area contributed by atoms with E-state index in [1.165, 1.54) is 10.9 Å². The topological polar surface area (TPSA) is 100 Å². The van der Waals surface area contributed by atoms with Gasteiger partial charge in [-0.1, -0.05) is 42.5 Å². The van der Waals surface area contributed by atoms with Gasteiger partial charge in [0, 0.05) is 6.54 Å². The molecule has 4 rings (SSSR count). The first-order chi connectivity index (χ1) is 13.5. The molecule has 0 aliphatic heterocycles. The van der Waals surface area contributed by atoms with Gasteiger partial charge in [-0.05, 0) is 30.2 Å². The summed E-state index contributed by atoms with van der Waals surface area (Å²) < 4.78 is 1.52. The van der Waals surface area contributed by atoms with Gasteiger partial charge in [0.05, 0.1) is 17.3 Å². The monoisotopic (exact) mass is 374 g/mol. The summed E-state index contributed by atoms with van der Waals surface area (Å²) in [6, 6.07) is 16.9. The number of carbonyl (C=O) groups is 1. The summed E-state index contributed by atoms with van der Waals surface area (Å²) in [5.41, 5.74) is 1.99. The molecule has 28 heavy (non-hydrogen) atoms. The molecule has 1 amide bonds. The second-order valence-electron chi connectivity index (χ2n) is 6.50. The van der Waals surface area contributed by atoms with E-state index in [0.717, 1.165) is 16.8 Å². The van der Waals surface area contributed by atoms with Crippen LogP contribution in [0.2, 0.25) is 0 Å². The molecule has 7 heteroatoms. The van der Waals surface area contributed by atoms with Crippen LogP contribution >= 0.6 is 0 Å². The first-order valence-corrected chi connectivity index (χ1v) is 8.77. The highest BCUT2D eigenvalue weighted by Crippen LogP contribution is 2.26. The Hall–Kier alpha value is -3.87. The summed E-state index contributed by atoms with van der Waals surface area (Å²) in [6.07, 6.45) is 1.43. The summed E-state index contributed by atoms with van der Waals surface area (Å²) in [4.78, 5) is 27.7. The number of nitrogens with one attached hydrogen (secondary N) is 2. The fourth-order valence-corrected chi connectivity index (χ4v) is 3.09. The average Bonchev–Trinajstić information content (AvgIpc) is 3.11. The van der Waals surface area contributed by atoms with Crippen molar-refractivity contribution < 1.29 is 9.90 Å². The van der Waals surface area contributed by atoms with Crippen molar-refractivity contribution in [1.82, 2.24) is 20.1 Å². The number of nitrogens with zero attached hydrogens (tertiary/aromatic N) is 2. The van der Waals surface area contributed by atoms with Gasteiger partial charge < -0.3 is 15.4 Å². The Balaban J connectivity index is 1.71. The Morgan fingerprint density at radius 3 is 2.71 bits per heavy atom. The molecule has 2 aromatic heterocycles. The number of amides is 1. The van der Waals surface area contributed by atoms with Crippen LogP contribution in [-0.2, 0) is 6.54 Å². The maximum Gasteiger partial charge on any atom is 0.266 e. The number of rotatable bonds is 4. The third kappa shape index (κ3) is 3.14. The van der Waals surface area contributed by atoms with Crippen molar-refractivity contribution in [2.24, 2.45) is 0 Å². The summed E-state index contributed by atoms with van der Waals surface area (Å²) in [7, 11) is 0. The quantitative estimate of drug-likeness (QED) is 0.511. The fourth-order valence-electron chi connectivity index (χ4n) is 3.09. The van der Waals surface area contributed by atoms with Gasteiger partial charge in [0.2, 0.25) is 0 Å². The molecule has 3 N–H and O–H groups in total. The molecule has 4 aromatic rings. The van der Waals surface area contributed by atoms with Crippen LogP contribution in [-0.4, -0.2) is 25.8 Å². The van der Waals surface area contributed by atoms with E-state index in [0.29, 0.717) is 11.0 Å². The maximum atomic E-state index is 12.5. The molecule has 140 valence electrons. The number of H-pyrrole nitrogens is 1. The molecule has 0 atom stereocenters. The first-order valence-electron chi connectivity index (χ1n) is 8.77. The highest BCUT2D eigenvalue weighted by Gasteiger charge is 2.21.